The standard InChI is InChI=1S/C31H37Cl2N3O5S/c1-4-7-20-34-31(38)29(5-2)35(21-26-27(32)14-11-15-28(26)33)30(37)22-36(23-16-18-24(19-17-23)41-6-3)42(39,40)25-12-9-8-10-13-25/h8-19,29H,4-7,20-22H2,1-3H3,(H,34,38)/t29-/m0/s1. The predicted molar refractivity (Wildman–Crippen MR) is 168 cm³/mol. The monoisotopic (exact) mass is 633 g/mol. The van der Waals surface area contributed by atoms with Crippen LogP contribution in [0.5, 0.6) is 5.75 Å². The summed E-state index contributed by atoms with van der Waals surface area (Å²) in [6.45, 7) is 5.92. The van der Waals surface area contributed by atoms with Crippen molar-refractivity contribution in [3.05, 3.63) is 88.4 Å². The first-order valence-corrected chi connectivity index (χ1v) is 16.1. The summed E-state index contributed by atoms with van der Waals surface area (Å²) in [4.78, 5) is 28.9. The zero-order chi connectivity index (χ0) is 30.7. The predicted octanol–water partition coefficient (Wildman–Crippen LogP) is 6.31. The van der Waals surface area contributed by atoms with E-state index in [0.29, 0.717) is 40.9 Å². The minimum atomic E-state index is -4.17. The Balaban J connectivity index is 2.06. The Labute approximate surface area is 258 Å². The van der Waals surface area contributed by atoms with Gasteiger partial charge in [0.2, 0.25) is 11.8 Å². The summed E-state index contributed by atoms with van der Waals surface area (Å²) in [6, 6.07) is 18.5. The molecule has 226 valence electrons. The Morgan fingerprint density at radius 1 is 0.905 bits per heavy atom. The summed E-state index contributed by atoms with van der Waals surface area (Å²) in [6.07, 6.45) is 1.97. The van der Waals surface area contributed by atoms with Crippen molar-refractivity contribution < 1.29 is 22.7 Å². The molecule has 0 saturated heterocycles. The third-order valence-corrected chi connectivity index (χ3v) is 9.15. The lowest BCUT2D eigenvalue weighted by molar-refractivity contribution is -0.140. The highest BCUT2D eigenvalue weighted by Crippen LogP contribution is 2.29. The van der Waals surface area contributed by atoms with Gasteiger partial charge in [-0.3, -0.25) is 13.9 Å². The number of sulfonamides is 1. The average molecular weight is 635 g/mol. The second-order valence-corrected chi connectivity index (χ2v) is 12.2. The van der Waals surface area contributed by atoms with Crippen molar-refractivity contribution in [3.63, 3.8) is 0 Å². The topological polar surface area (TPSA) is 96.0 Å². The maximum Gasteiger partial charge on any atom is 0.264 e. The van der Waals surface area contributed by atoms with Gasteiger partial charge in [0, 0.05) is 28.7 Å². The van der Waals surface area contributed by atoms with Crippen molar-refractivity contribution in [2.24, 2.45) is 0 Å². The number of unbranched alkanes of at least 4 members (excludes halogenated alkanes) is 1. The highest BCUT2D eigenvalue weighted by molar-refractivity contribution is 7.92. The summed E-state index contributed by atoms with van der Waals surface area (Å²) in [5.74, 6) is -0.354. The average Bonchev–Trinajstić information content (AvgIpc) is 2.98. The van der Waals surface area contributed by atoms with Crippen LogP contribution >= 0.6 is 23.2 Å². The molecule has 0 saturated carbocycles. The number of benzene rings is 3. The van der Waals surface area contributed by atoms with Crippen LogP contribution in [0.3, 0.4) is 0 Å². The number of amides is 2. The number of nitrogens with zero attached hydrogens (tertiary/aromatic N) is 2. The molecular formula is C31H37Cl2N3O5S. The molecule has 11 heteroatoms. The molecule has 42 heavy (non-hydrogen) atoms. The van der Waals surface area contributed by atoms with Crippen LogP contribution in [-0.2, 0) is 26.2 Å². The Hall–Kier alpha value is -3.27. The smallest absolute Gasteiger partial charge is 0.264 e. The maximum absolute atomic E-state index is 14.2. The van der Waals surface area contributed by atoms with Gasteiger partial charge >= 0.3 is 0 Å². The van der Waals surface area contributed by atoms with Crippen molar-refractivity contribution >= 4 is 50.7 Å². The summed E-state index contributed by atoms with van der Waals surface area (Å²) in [5.41, 5.74) is 0.736. The lowest BCUT2D eigenvalue weighted by Crippen LogP contribution is -2.52. The number of anilines is 1. The molecule has 2 amide bonds. The van der Waals surface area contributed by atoms with Crippen LogP contribution in [0.25, 0.3) is 0 Å². The first kappa shape index (κ1) is 33.2. The highest BCUT2D eigenvalue weighted by Gasteiger charge is 2.34. The summed E-state index contributed by atoms with van der Waals surface area (Å²) in [5, 5.41) is 3.57. The normalized spacial score (nSPS) is 11.9. The Morgan fingerprint density at radius 2 is 1.55 bits per heavy atom. The molecule has 3 aromatic rings. The van der Waals surface area contributed by atoms with Crippen LogP contribution in [0.4, 0.5) is 5.69 Å². The van der Waals surface area contributed by atoms with Gasteiger partial charge in [-0.2, -0.15) is 0 Å². The van der Waals surface area contributed by atoms with E-state index >= 15 is 0 Å². The number of hydrogen-bond donors (Lipinski definition) is 1. The molecular weight excluding hydrogens is 597 g/mol. The van der Waals surface area contributed by atoms with Gasteiger partial charge in [-0.1, -0.05) is 67.7 Å². The van der Waals surface area contributed by atoms with Gasteiger partial charge in [0.25, 0.3) is 10.0 Å². The SMILES string of the molecule is CCCCNC(=O)[C@H](CC)N(Cc1c(Cl)cccc1Cl)C(=O)CN(c1ccc(OCC)cc1)S(=O)(=O)c1ccccc1. The van der Waals surface area contributed by atoms with E-state index in [9.17, 15) is 18.0 Å². The zero-order valence-electron chi connectivity index (χ0n) is 24.1. The summed E-state index contributed by atoms with van der Waals surface area (Å²) >= 11 is 12.9. The molecule has 0 aliphatic heterocycles. The van der Waals surface area contributed by atoms with E-state index in [0.717, 1.165) is 17.1 Å². The first-order chi connectivity index (χ1) is 20.1. The second kappa shape index (κ2) is 15.8. The molecule has 3 rings (SSSR count). The number of halogens is 2. The number of ether oxygens (including phenoxy) is 1. The van der Waals surface area contributed by atoms with Gasteiger partial charge < -0.3 is 15.0 Å². The van der Waals surface area contributed by atoms with Crippen LogP contribution in [0, 0.1) is 0 Å². The lowest BCUT2D eigenvalue weighted by atomic mass is 10.1. The van der Waals surface area contributed by atoms with E-state index in [4.69, 9.17) is 27.9 Å². The third-order valence-electron chi connectivity index (χ3n) is 6.65. The molecule has 0 bridgehead atoms. The molecule has 0 aliphatic carbocycles. The first-order valence-electron chi connectivity index (χ1n) is 13.9. The van der Waals surface area contributed by atoms with Gasteiger partial charge in [0.05, 0.1) is 17.2 Å². The number of nitrogens with one attached hydrogen (secondary N) is 1. The molecule has 0 unspecified atom stereocenters. The van der Waals surface area contributed by atoms with Crippen molar-refractivity contribution in [1.82, 2.24) is 10.2 Å². The van der Waals surface area contributed by atoms with Crippen molar-refractivity contribution in [1.29, 1.82) is 0 Å². The number of carbonyl (C=O) groups is 2. The summed E-state index contributed by atoms with van der Waals surface area (Å²) < 4.78 is 34.4. The van der Waals surface area contributed by atoms with Gasteiger partial charge in [-0.15, -0.1) is 0 Å². The third kappa shape index (κ3) is 8.40. The van der Waals surface area contributed by atoms with Gasteiger partial charge in [-0.05, 0) is 68.3 Å². The van der Waals surface area contributed by atoms with E-state index < -0.39 is 28.5 Å². The van der Waals surface area contributed by atoms with E-state index in [-0.39, 0.29) is 23.0 Å². The molecule has 0 aliphatic rings. The fourth-order valence-electron chi connectivity index (χ4n) is 4.40. The van der Waals surface area contributed by atoms with E-state index in [1.54, 1.807) is 67.6 Å². The maximum atomic E-state index is 14.2. The van der Waals surface area contributed by atoms with Gasteiger partial charge in [0.1, 0.15) is 18.3 Å². The molecule has 0 aromatic heterocycles. The van der Waals surface area contributed by atoms with E-state index in [1.165, 1.54) is 17.0 Å². The van der Waals surface area contributed by atoms with Crippen LogP contribution in [-0.4, -0.2) is 50.9 Å². The molecule has 1 N–H and O–H groups in total. The van der Waals surface area contributed by atoms with Gasteiger partial charge in [-0.25, -0.2) is 8.42 Å². The molecule has 0 heterocycles. The fourth-order valence-corrected chi connectivity index (χ4v) is 6.36. The van der Waals surface area contributed by atoms with Crippen LogP contribution in [0.1, 0.15) is 45.6 Å². The summed E-state index contributed by atoms with van der Waals surface area (Å²) in [7, 11) is -4.17. The van der Waals surface area contributed by atoms with Crippen molar-refractivity contribution in [3.8, 4) is 5.75 Å². The molecule has 8 nitrogen and oxygen atoms in total. The minimum absolute atomic E-state index is 0.0248. The Bertz CT molecular complexity index is 1420. The molecule has 0 spiro atoms. The lowest BCUT2D eigenvalue weighted by Gasteiger charge is -2.33. The van der Waals surface area contributed by atoms with Gasteiger partial charge in [0.15, 0.2) is 0 Å². The van der Waals surface area contributed by atoms with E-state index in [2.05, 4.69) is 5.32 Å². The van der Waals surface area contributed by atoms with Crippen molar-refractivity contribution in [2.75, 3.05) is 24.0 Å². The number of rotatable bonds is 15. The number of hydrogen-bond acceptors (Lipinski definition) is 5. The highest BCUT2D eigenvalue weighted by atomic mass is 35.5. The zero-order valence-corrected chi connectivity index (χ0v) is 26.4. The quantitative estimate of drug-likeness (QED) is 0.198. The molecule has 0 fully saturated rings. The second-order valence-electron chi connectivity index (χ2n) is 9.54. The van der Waals surface area contributed by atoms with Crippen LogP contribution in [0.2, 0.25) is 10.0 Å². The largest absolute Gasteiger partial charge is 0.494 e. The number of carbonyl (C=O) groups excluding carboxylic acids is 2. The Kier molecular flexibility index (Phi) is 12.5. The molecule has 3 aromatic carbocycles. The Morgan fingerprint density at radius 3 is 2.12 bits per heavy atom. The molecule has 1 atom stereocenters. The molecule has 0 radical (unpaired) electrons. The minimum Gasteiger partial charge on any atom is -0.494 e. The van der Waals surface area contributed by atoms with E-state index in [1.807, 2.05) is 13.8 Å². The fraction of sp³-hybridized carbons (Fsp3) is 0.355. The van der Waals surface area contributed by atoms with Crippen LogP contribution < -0.4 is 14.4 Å². The van der Waals surface area contributed by atoms with Crippen LogP contribution in [0.15, 0.2) is 77.7 Å². The van der Waals surface area contributed by atoms with Crippen molar-refractivity contribution in [2.45, 2.75) is 57.5 Å².